The molecule has 1 aromatic carbocycles. The van der Waals surface area contributed by atoms with Crippen LogP contribution in [0.1, 0.15) is 20.9 Å². The second-order valence-corrected chi connectivity index (χ2v) is 4.78. The number of amides is 1. The Balaban J connectivity index is 2.25. The minimum atomic E-state index is -1.08. The van der Waals surface area contributed by atoms with E-state index in [0.29, 0.717) is 10.2 Å². The zero-order valence-electron chi connectivity index (χ0n) is 9.31. The number of benzene rings is 1. The fraction of sp³-hybridized carbons (Fsp3) is 0. The molecule has 7 heteroatoms. The van der Waals surface area contributed by atoms with Crippen LogP contribution in [-0.4, -0.2) is 17.0 Å². The summed E-state index contributed by atoms with van der Waals surface area (Å²) in [5, 5.41) is 11.5. The zero-order valence-corrected chi connectivity index (χ0v) is 11.7. The third kappa shape index (κ3) is 3.15. The third-order valence-electron chi connectivity index (χ3n) is 2.26. The van der Waals surface area contributed by atoms with E-state index in [2.05, 4.69) is 21.2 Å². The second kappa shape index (κ2) is 5.46. The molecule has 1 amide bonds. The molecule has 19 heavy (non-hydrogen) atoms. The van der Waals surface area contributed by atoms with Crippen molar-refractivity contribution >= 4 is 45.1 Å². The number of anilines is 1. The molecule has 0 aliphatic carbocycles. The van der Waals surface area contributed by atoms with Crippen LogP contribution in [0.25, 0.3) is 0 Å². The first-order valence-corrected chi connectivity index (χ1v) is 6.24. The molecule has 0 aliphatic rings. The van der Waals surface area contributed by atoms with E-state index in [0.717, 1.165) is 0 Å². The Labute approximate surface area is 121 Å². The molecule has 5 nitrogen and oxygen atoms in total. The number of furan rings is 1. The third-order valence-corrected chi connectivity index (χ3v) is 3.15. The van der Waals surface area contributed by atoms with E-state index in [1.165, 1.54) is 30.3 Å². The van der Waals surface area contributed by atoms with Crippen LogP contribution in [0, 0.1) is 0 Å². The zero-order chi connectivity index (χ0) is 14.0. The van der Waals surface area contributed by atoms with Gasteiger partial charge in [0.1, 0.15) is 0 Å². The molecule has 0 atom stereocenters. The van der Waals surface area contributed by atoms with E-state index in [1.807, 2.05) is 0 Å². The lowest BCUT2D eigenvalue weighted by molar-refractivity contribution is 0.0696. The van der Waals surface area contributed by atoms with Crippen LogP contribution < -0.4 is 5.32 Å². The molecule has 0 bridgehead atoms. The van der Waals surface area contributed by atoms with Gasteiger partial charge in [-0.25, -0.2) is 4.79 Å². The van der Waals surface area contributed by atoms with Gasteiger partial charge in [0.05, 0.1) is 11.3 Å². The van der Waals surface area contributed by atoms with Gasteiger partial charge in [-0.1, -0.05) is 0 Å². The number of carboxylic acid groups (broad SMARTS) is 1. The van der Waals surface area contributed by atoms with Crippen molar-refractivity contribution < 1.29 is 19.1 Å². The van der Waals surface area contributed by atoms with Gasteiger partial charge < -0.3 is 14.8 Å². The summed E-state index contributed by atoms with van der Waals surface area (Å²) in [6, 6.07) is 7.17. The molecule has 0 saturated heterocycles. The lowest BCUT2D eigenvalue weighted by Gasteiger charge is -2.06. The number of carbonyl (C=O) groups excluding carboxylic acids is 1. The van der Waals surface area contributed by atoms with Gasteiger partial charge in [0.25, 0.3) is 5.91 Å². The largest absolute Gasteiger partial charge is 0.478 e. The average molecular weight is 345 g/mol. The van der Waals surface area contributed by atoms with Crippen LogP contribution in [0.3, 0.4) is 0 Å². The van der Waals surface area contributed by atoms with Gasteiger partial charge in [-0.3, -0.25) is 4.79 Å². The SMILES string of the molecule is O=C(O)c1ccc(Br)c(NC(=O)c2ccc(Cl)o2)c1. The first kappa shape index (κ1) is 13.6. The predicted molar refractivity (Wildman–Crippen MR) is 72.8 cm³/mol. The number of hydrogen-bond acceptors (Lipinski definition) is 3. The summed E-state index contributed by atoms with van der Waals surface area (Å²) in [7, 11) is 0. The molecule has 1 heterocycles. The van der Waals surface area contributed by atoms with Crippen molar-refractivity contribution in [1.82, 2.24) is 0 Å². The quantitative estimate of drug-likeness (QED) is 0.891. The van der Waals surface area contributed by atoms with Crippen molar-refractivity contribution in [2.75, 3.05) is 5.32 Å². The molecule has 0 aliphatic heterocycles. The molecule has 0 unspecified atom stereocenters. The van der Waals surface area contributed by atoms with E-state index in [-0.39, 0.29) is 16.5 Å². The molecule has 0 spiro atoms. The van der Waals surface area contributed by atoms with Crippen molar-refractivity contribution in [3.05, 3.63) is 51.3 Å². The number of carbonyl (C=O) groups is 2. The molecule has 2 N–H and O–H groups in total. The summed E-state index contributed by atoms with van der Waals surface area (Å²) in [6.45, 7) is 0. The van der Waals surface area contributed by atoms with E-state index < -0.39 is 11.9 Å². The Morgan fingerprint density at radius 1 is 1.26 bits per heavy atom. The maximum atomic E-state index is 11.8. The molecule has 0 fully saturated rings. The van der Waals surface area contributed by atoms with E-state index in [9.17, 15) is 9.59 Å². The standard InChI is InChI=1S/C12H7BrClNO4/c13-7-2-1-6(12(17)18)5-8(7)15-11(16)9-3-4-10(14)19-9/h1-5H,(H,15,16)(H,17,18). The summed E-state index contributed by atoms with van der Waals surface area (Å²) in [5.74, 6) is -1.56. The summed E-state index contributed by atoms with van der Waals surface area (Å²) < 4.78 is 5.52. The molecule has 1 aromatic heterocycles. The van der Waals surface area contributed by atoms with Gasteiger partial charge >= 0.3 is 5.97 Å². The van der Waals surface area contributed by atoms with Crippen molar-refractivity contribution in [1.29, 1.82) is 0 Å². The highest BCUT2D eigenvalue weighted by Gasteiger charge is 2.14. The molecule has 2 rings (SSSR count). The maximum Gasteiger partial charge on any atom is 0.335 e. The van der Waals surface area contributed by atoms with Gasteiger partial charge in [0, 0.05) is 4.47 Å². The van der Waals surface area contributed by atoms with Crippen molar-refractivity contribution in [3.8, 4) is 0 Å². The number of carboxylic acids is 1. The van der Waals surface area contributed by atoms with Crippen LogP contribution in [0.2, 0.25) is 5.22 Å². The van der Waals surface area contributed by atoms with E-state index in [4.69, 9.17) is 21.1 Å². The monoisotopic (exact) mass is 343 g/mol. The fourth-order valence-electron chi connectivity index (χ4n) is 1.37. The van der Waals surface area contributed by atoms with Gasteiger partial charge in [-0.05, 0) is 57.9 Å². The van der Waals surface area contributed by atoms with Crippen LogP contribution in [0.4, 0.5) is 5.69 Å². The first-order valence-electron chi connectivity index (χ1n) is 5.07. The van der Waals surface area contributed by atoms with Gasteiger partial charge in [-0.15, -0.1) is 0 Å². The maximum absolute atomic E-state index is 11.8. The van der Waals surface area contributed by atoms with Crippen LogP contribution in [0.5, 0.6) is 0 Å². The van der Waals surface area contributed by atoms with Crippen LogP contribution >= 0.6 is 27.5 Å². The van der Waals surface area contributed by atoms with Crippen molar-refractivity contribution in [3.63, 3.8) is 0 Å². The summed E-state index contributed by atoms with van der Waals surface area (Å²) in [4.78, 5) is 22.7. The molecule has 0 saturated carbocycles. The van der Waals surface area contributed by atoms with E-state index >= 15 is 0 Å². The van der Waals surface area contributed by atoms with Gasteiger partial charge in [0.15, 0.2) is 11.0 Å². The minimum absolute atomic E-state index is 0.0395. The highest BCUT2D eigenvalue weighted by atomic mass is 79.9. The Hall–Kier alpha value is -1.79. The highest BCUT2D eigenvalue weighted by molar-refractivity contribution is 9.10. The Morgan fingerprint density at radius 3 is 2.58 bits per heavy atom. The lowest BCUT2D eigenvalue weighted by Crippen LogP contribution is -2.12. The minimum Gasteiger partial charge on any atom is -0.478 e. The molecule has 0 radical (unpaired) electrons. The summed E-state index contributed by atoms with van der Waals surface area (Å²) >= 11 is 8.79. The molecule has 98 valence electrons. The number of aromatic carboxylic acids is 1. The van der Waals surface area contributed by atoms with Gasteiger partial charge in [-0.2, -0.15) is 0 Å². The topological polar surface area (TPSA) is 79.5 Å². The Kier molecular flexibility index (Phi) is 3.92. The summed E-state index contributed by atoms with van der Waals surface area (Å²) in [5.41, 5.74) is 0.397. The highest BCUT2D eigenvalue weighted by Crippen LogP contribution is 2.25. The van der Waals surface area contributed by atoms with E-state index in [1.54, 1.807) is 0 Å². The normalized spacial score (nSPS) is 10.2. The second-order valence-electron chi connectivity index (χ2n) is 3.56. The molecule has 2 aromatic rings. The number of rotatable bonds is 3. The first-order chi connectivity index (χ1) is 8.97. The Morgan fingerprint density at radius 2 is 2.00 bits per heavy atom. The fourth-order valence-corrected chi connectivity index (χ4v) is 1.87. The van der Waals surface area contributed by atoms with Crippen molar-refractivity contribution in [2.24, 2.45) is 0 Å². The van der Waals surface area contributed by atoms with Gasteiger partial charge in [0.2, 0.25) is 0 Å². The number of hydrogen-bond donors (Lipinski definition) is 2. The molecular weight excluding hydrogens is 337 g/mol. The smallest absolute Gasteiger partial charge is 0.335 e. The summed E-state index contributed by atoms with van der Waals surface area (Å²) in [6.07, 6.45) is 0. The lowest BCUT2D eigenvalue weighted by atomic mass is 10.2. The predicted octanol–water partition coefficient (Wildman–Crippen LogP) is 3.65. The average Bonchev–Trinajstić information content (AvgIpc) is 2.78. The van der Waals surface area contributed by atoms with Crippen molar-refractivity contribution in [2.45, 2.75) is 0 Å². The Bertz CT molecular complexity index is 653. The molecular formula is C12H7BrClNO4. The van der Waals surface area contributed by atoms with Crippen LogP contribution in [-0.2, 0) is 0 Å². The number of nitrogens with one attached hydrogen (secondary N) is 1. The number of halogens is 2. The van der Waals surface area contributed by atoms with Crippen LogP contribution in [0.15, 0.2) is 39.2 Å².